The number of anilines is 1. The van der Waals surface area contributed by atoms with Gasteiger partial charge in [-0.05, 0) is 48.5 Å². The van der Waals surface area contributed by atoms with Gasteiger partial charge in [0.1, 0.15) is 0 Å². The van der Waals surface area contributed by atoms with Crippen molar-refractivity contribution in [3.05, 3.63) is 79.1 Å². The van der Waals surface area contributed by atoms with Crippen LogP contribution in [0.4, 0.5) is 5.69 Å². The van der Waals surface area contributed by atoms with E-state index in [0.717, 1.165) is 17.1 Å². The van der Waals surface area contributed by atoms with Gasteiger partial charge in [0.15, 0.2) is 5.75 Å². The maximum atomic E-state index is 5.51. The van der Waals surface area contributed by atoms with Gasteiger partial charge in [-0.3, -0.25) is 0 Å². The number of aromatic nitrogens is 1. The predicted octanol–water partition coefficient (Wildman–Crippen LogP) is 3.88. The number of hydrogen-bond acceptors (Lipinski definition) is 2. The Kier molecular flexibility index (Phi) is 3.19. The molecule has 1 heterocycles. The highest BCUT2D eigenvalue weighted by atomic mass is 16.6. The summed E-state index contributed by atoms with van der Waals surface area (Å²) >= 11 is 0. The van der Waals surface area contributed by atoms with Gasteiger partial charge in [0.25, 0.3) is 0 Å². The Balaban J connectivity index is 1.67. The lowest BCUT2D eigenvalue weighted by molar-refractivity contribution is 0.405. The average Bonchev–Trinajstić information content (AvgIpc) is 3.01. The molecule has 3 aromatic rings. The minimum absolute atomic E-state index is 0.778. The van der Waals surface area contributed by atoms with Crippen LogP contribution in [0.3, 0.4) is 0 Å². The summed E-state index contributed by atoms with van der Waals surface area (Å²) in [5, 5.41) is 0. The molecule has 1 N–H and O–H groups in total. The molecule has 3 nitrogen and oxygen atoms in total. The first-order chi connectivity index (χ1) is 9.42. The topological polar surface area (TPSA) is 26.2 Å². The molecular formula is C16H14N2O. The highest BCUT2D eigenvalue weighted by Crippen LogP contribution is 2.16. The average molecular weight is 250 g/mol. The zero-order valence-electron chi connectivity index (χ0n) is 10.4. The van der Waals surface area contributed by atoms with E-state index in [-0.39, 0.29) is 0 Å². The molecule has 0 fully saturated rings. The van der Waals surface area contributed by atoms with Crippen molar-refractivity contribution in [3.63, 3.8) is 0 Å². The van der Waals surface area contributed by atoms with E-state index in [2.05, 4.69) is 10.0 Å². The highest BCUT2D eigenvalue weighted by Gasteiger charge is 1.97. The summed E-state index contributed by atoms with van der Waals surface area (Å²) in [6.45, 7) is 0. The smallest absolute Gasteiger partial charge is 0.155 e. The molecule has 94 valence electrons. The molecule has 0 aliphatic heterocycles. The summed E-state index contributed by atoms with van der Waals surface area (Å²) < 4.78 is 2.05. The first-order valence-corrected chi connectivity index (χ1v) is 6.13. The molecule has 2 aromatic carbocycles. The summed E-state index contributed by atoms with van der Waals surface area (Å²) in [7, 11) is 0. The Labute approximate surface area is 112 Å². The number of nitrogens with one attached hydrogen (secondary N) is 1. The quantitative estimate of drug-likeness (QED) is 0.711. The standard InChI is InChI=1S/C16H14N2O/c1-2-6-14(7-3-1)17-19-16-10-8-15(9-11-16)18-12-4-5-13-18/h1-13,17H. The molecule has 0 aliphatic rings. The Morgan fingerprint density at radius 2 is 1.42 bits per heavy atom. The maximum absolute atomic E-state index is 5.51. The Hall–Kier alpha value is -2.68. The summed E-state index contributed by atoms with van der Waals surface area (Å²) in [4.78, 5) is 5.51. The number of nitrogens with zero attached hydrogens (tertiary/aromatic N) is 1. The van der Waals surface area contributed by atoms with Gasteiger partial charge in [-0.1, -0.05) is 18.2 Å². The molecule has 0 saturated heterocycles. The van der Waals surface area contributed by atoms with Crippen molar-refractivity contribution < 1.29 is 4.84 Å². The van der Waals surface area contributed by atoms with Crippen LogP contribution in [-0.2, 0) is 0 Å². The van der Waals surface area contributed by atoms with E-state index in [0.29, 0.717) is 0 Å². The number of benzene rings is 2. The fraction of sp³-hybridized carbons (Fsp3) is 0. The summed E-state index contributed by atoms with van der Waals surface area (Å²) in [5.74, 6) is 0.778. The van der Waals surface area contributed by atoms with Gasteiger partial charge in [-0.2, -0.15) is 0 Å². The van der Waals surface area contributed by atoms with E-state index in [9.17, 15) is 0 Å². The fourth-order valence-electron chi connectivity index (χ4n) is 1.82. The molecule has 0 radical (unpaired) electrons. The van der Waals surface area contributed by atoms with Gasteiger partial charge in [0.2, 0.25) is 0 Å². The van der Waals surface area contributed by atoms with Gasteiger partial charge in [0, 0.05) is 18.1 Å². The molecule has 1 aromatic heterocycles. The summed E-state index contributed by atoms with van der Waals surface area (Å²) in [6.07, 6.45) is 4.02. The lowest BCUT2D eigenvalue weighted by Crippen LogP contribution is -2.04. The molecule has 0 aliphatic carbocycles. The van der Waals surface area contributed by atoms with E-state index in [1.807, 2.05) is 79.1 Å². The molecule has 0 bridgehead atoms. The third-order valence-corrected chi connectivity index (χ3v) is 2.80. The second-order valence-corrected chi connectivity index (χ2v) is 4.15. The maximum Gasteiger partial charge on any atom is 0.155 e. The van der Waals surface area contributed by atoms with Crippen LogP contribution >= 0.6 is 0 Å². The summed E-state index contributed by atoms with van der Waals surface area (Å²) in [5.41, 5.74) is 4.94. The molecule has 0 unspecified atom stereocenters. The van der Waals surface area contributed by atoms with E-state index < -0.39 is 0 Å². The van der Waals surface area contributed by atoms with Crippen molar-refractivity contribution in [2.75, 3.05) is 5.48 Å². The van der Waals surface area contributed by atoms with Crippen LogP contribution in [0.25, 0.3) is 5.69 Å². The molecule has 0 amide bonds. The number of hydrogen-bond donors (Lipinski definition) is 1. The van der Waals surface area contributed by atoms with E-state index in [4.69, 9.17) is 4.84 Å². The van der Waals surface area contributed by atoms with E-state index in [1.54, 1.807) is 0 Å². The zero-order chi connectivity index (χ0) is 12.9. The fourth-order valence-corrected chi connectivity index (χ4v) is 1.82. The molecule has 0 atom stereocenters. The minimum Gasteiger partial charge on any atom is -0.382 e. The second-order valence-electron chi connectivity index (χ2n) is 4.15. The van der Waals surface area contributed by atoms with E-state index in [1.165, 1.54) is 0 Å². The lowest BCUT2D eigenvalue weighted by Gasteiger charge is -2.09. The largest absolute Gasteiger partial charge is 0.382 e. The Bertz CT molecular complexity index is 616. The van der Waals surface area contributed by atoms with Gasteiger partial charge < -0.3 is 9.40 Å². The van der Waals surface area contributed by atoms with Gasteiger partial charge in [-0.25, -0.2) is 5.48 Å². The van der Waals surface area contributed by atoms with Gasteiger partial charge >= 0.3 is 0 Å². The monoisotopic (exact) mass is 250 g/mol. The number of rotatable bonds is 4. The lowest BCUT2D eigenvalue weighted by atomic mass is 10.3. The normalized spacial score (nSPS) is 10.1. The first kappa shape index (κ1) is 11.4. The Morgan fingerprint density at radius 3 is 2.11 bits per heavy atom. The third kappa shape index (κ3) is 2.77. The van der Waals surface area contributed by atoms with Crippen molar-refractivity contribution in [3.8, 4) is 11.4 Å². The van der Waals surface area contributed by atoms with Crippen LogP contribution in [-0.4, -0.2) is 4.57 Å². The Morgan fingerprint density at radius 1 is 0.737 bits per heavy atom. The van der Waals surface area contributed by atoms with Crippen LogP contribution in [0.2, 0.25) is 0 Å². The molecule has 3 rings (SSSR count). The van der Waals surface area contributed by atoms with Crippen molar-refractivity contribution in [2.45, 2.75) is 0 Å². The van der Waals surface area contributed by atoms with Crippen LogP contribution in [0.5, 0.6) is 5.75 Å². The molecule has 19 heavy (non-hydrogen) atoms. The predicted molar refractivity (Wildman–Crippen MR) is 76.5 cm³/mol. The van der Waals surface area contributed by atoms with Crippen molar-refractivity contribution in [1.82, 2.24) is 4.57 Å². The molecule has 3 heteroatoms. The molecule has 0 spiro atoms. The second kappa shape index (κ2) is 5.31. The van der Waals surface area contributed by atoms with Crippen LogP contribution in [0.1, 0.15) is 0 Å². The SMILES string of the molecule is c1ccc(NOc2ccc(-n3cccc3)cc2)cc1. The van der Waals surface area contributed by atoms with Crippen LogP contribution in [0.15, 0.2) is 79.1 Å². The van der Waals surface area contributed by atoms with Crippen LogP contribution in [0, 0.1) is 0 Å². The van der Waals surface area contributed by atoms with Gasteiger partial charge in [0.05, 0.1) is 5.69 Å². The zero-order valence-corrected chi connectivity index (χ0v) is 10.4. The number of para-hydroxylation sites is 1. The molecule has 0 saturated carbocycles. The minimum atomic E-state index is 0.778. The van der Waals surface area contributed by atoms with Crippen LogP contribution < -0.4 is 10.3 Å². The first-order valence-electron chi connectivity index (χ1n) is 6.13. The molecular weight excluding hydrogens is 236 g/mol. The van der Waals surface area contributed by atoms with E-state index >= 15 is 0 Å². The highest BCUT2D eigenvalue weighted by molar-refractivity contribution is 5.42. The van der Waals surface area contributed by atoms with Crippen molar-refractivity contribution in [2.24, 2.45) is 0 Å². The van der Waals surface area contributed by atoms with Crippen molar-refractivity contribution >= 4 is 5.69 Å². The van der Waals surface area contributed by atoms with Gasteiger partial charge in [-0.15, -0.1) is 0 Å². The third-order valence-electron chi connectivity index (χ3n) is 2.80. The summed E-state index contributed by atoms with van der Waals surface area (Å²) in [6, 6.07) is 21.7. The van der Waals surface area contributed by atoms with Crippen molar-refractivity contribution in [1.29, 1.82) is 0 Å².